The number of halogens is 1. The highest BCUT2D eigenvalue weighted by molar-refractivity contribution is 9.09. The summed E-state index contributed by atoms with van der Waals surface area (Å²) in [5.74, 6) is 0.173. The molecule has 0 aromatic heterocycles. The van der Waals surface area contributed by atoms with Crippen LogP contribution in [0, 0.1) is 0 Å². The summed E-state index contributed by atoms with van der Waals surface area (Å²) in [6.07, 6.45) is 5.60. The van der Waals surface area contributed by atoms with Gasteiger partial charge in [0.2, 0.25) is 0 Å². The van der Waals surface area contributed by atoms with Gasteiger partial charge in [0.25, 0.3) is 5.91 Å². The molecule has 0 spiro atoms. The maximum absolute atomic E-state index is 12.5. The second-order valence-electron chi connectivity index (χ2n) is 4.50. The summed E-state index contributed by atoms with van der Waals surface area (Å²) >= 11 is 5.14. The Hall–Kier alpha value is -0.480. The van der Waals surface area contributed by atoms with Gasteiger partial charge in [-0.05, 0) is 49.8 Å². The van der Waals surface area contributed by atoms with E-state index in [1.54, 1.807) is 11.8 Å². The SMILES string of the molecule is CSc1ccc(C(=O)N(CCBr)C2CCC2)cc1. The average Bonchev–Trinajstić information content (AvgIpc) is 2.35. The van der Waals surface area contributed by atoms with E-state index in [0.717, 1.165) is 30.3 Å². The Bertz CT molecular complexity index is 403. The van der Waals surface area contributed by atoms with E-state index in [1.165, 1.54) is 11.3 Å². The Morgan fingerprint density at radius 2 is 2.06 bits per heavy atom. The molecule has 4 heteroatoms. The first kappa shape index (κ1) is 13.9. The Morgan fingerprint density at radius 3 is 2.50 bits per heavy atom. The molecule has 0 saturated heterocycles. The van der Waals surface area contributed by atoms with Gasteiger partial charge in [0.1, 0.15) is 0 Å². The number of carbonyl (C=O) groups excluding carboxylic acids is 1. The minimum Gasteiger partial charge on any atom is -0.335 e. The molecule has 0 unspecified atom stereocenters. The number of rotatable bonds is 5. The molecule has 0 heterocycles. The number of nitrogens with zero attached hydrogens (tertiary/aromatic N) is 1. The van der Waals surface area contributed by atoms with Gasteiger partial charge < -0.3 is 4.90 Å². The van der Waals surface area contributed by atoms with Crippen molar-refractivity contribution in [3.05, 3.63) is 29.8 Å². The van der Waals surface area contributed by atoms with E-state index >= 15 is 0 Å². The molecule has 18 heavy (non-hydrogen) atoms. The lowest BCUT2D eigenvalue weighted by molar-refractivity contribution is 0.0599. The van der Waals surface area contributed by atoms with Crippen LogP contribution in [-0.2, 0) is 0 Å². The number of benzene rings is 1. The van der Waals surface area contributed by atoms with Crippen LogP contribution in [0.3, 0.4) is 0 Å². The zero-order valence-electron chi connectivity index (χ0n) is 10.6. The maximum Gasteiger partial charge on any atom is 0.254 e. The highest BCUT2D eigenvalue weighted by Crippen LogP contribution is 2.26. The minimum absolute atomic E-state index is 0.173. The molecule has 1 saturated carbocycles. The molecule has 1 aromatic rings. The number of amides is 1. The molecule has 0 aliphatic heterocycles. The third kappa shape index (κ3) is 3.09. The predicted molar refractivity (Wildman–Crippen MR) is 80.7 cm³/mol. The molecular weight excluding hydrogens is 310 g/mol. The Labute approximate surface area is 121 Å². The lowest BCUT2D eigenvalue weighted by Gasteiger charge is -2.37. The van der Waals surface area contributed by atoms with Crippen LogP contribution in [0.1, 0.15) is 29.6 Å². The first-order valence-corrected chi connectivity index (χ1v) is 8.62. The van der Waals surface area contributed by atoms with Crippen molar-refractivity contribution >= 4 is 33.6 Å². The van der Waals surface area contributed by atoms with Gasteiger partial charge in [-0.25, -0.2) is 0 Å². The van der Waals surface area contributed by atoms with Crippen LogP contribution in [0.2, 0.25) is 0 Å². The topological polar surface area (TPSA) is 20.3 Å². The summed E-state index contributed by atoms with van der Waals surface area (Å²) in [6, 6.07) is 8.37. The summed E-state index contributed by atoms with van der Waals surface area (Å²) in [5.41, 5.74) is 0.806. The monoisotopic (exact) mass is 327 g/mol. The van der Waals surface area contributed by atoms with Crippen molar-refractivity contribution in [2.24, 2.45) is 0 Å². The van der Waals surface area contributed by atoms with Crippen molar-refractivity contribution in [3.63, 3.8) is 0 Å². The number of alkyl halides is 1. The molecule has 2 rings (SSSR count). The first-order chi connectivity index (χ1) is 8.76. The molecule has 1 aromatic carbocycles. The van der Waals surface area contributed by atoms with Crippen LogP contribution in [0.4, 0.5) is 0 Å². The summed E-state index contributed by atoms with van der Waals surface area (Å²) < 4.78 is 0. The smallest absolute Gasteiger partial charge is 0.254 e. The number of carbonyl (C=O) groups is 1. The Balaban J connectivity index is 2.10. The van der Waals surface area contributed by atoms with Crippen molar-refractivity contribution in [1.29, 1.82) is 0 Å². The molecule has 1 fully saturated rings. The Morgan fingerprint density at radius 1 is 1.39 bits per heavy atom. The van der Waals surface area contributed by atoms with Crippen molar-refractivity contribution in [2.75, 3.05) is 18.1 Å². The van der Waals surface area contributed by atoms with E-state index in [0.29, 0.717) is 6.04 Å². The average molecular weight is 328 g/mol. The van der Waals surface area contributed by atoms with E-state index in [1.807, 2.05) is 35.4 Å². The molecule has 1 aliphatic rings. The Kier molecular flexibility index (Phi) is 5.13. The van der Waals surface area contributed by atoms with E-state index in [-0.39, 0.29) is 5.91 Å². The highest BCUT2D eigenvalue weighted by Gasteiger charge is 2.28. The standard InChI is InChI=1S/C14H18BrNOS/c1-18-13-7-5-11(6-8-13)14(17)16(10-9-15)12-3-2-4-12/h5-8,12H,2-4,9-10H2,1H3. The van der Waals surface area contributed by atoms with Crippen LogP contribution in [0.15, 0.2) is 29.2 Å². The third-order valence-corrected chi connectivity index (χ3v) is 4.54. The van der Waals surface area contributed by atoms with E-state index in [4.69, 9.17) is 0 Å². The van der Waals surface area contributed by atoms with Gasteiger partial charge >= 0.3 is 0 Å². The molecule has 1 aliphatic carbocycles. The van der Waals surface area contributed by atoms with Gasteiger partial charge in [0.05, 0.1) is 0 Å². The van der Waals surface area contributed by atoms with Gasteiger partial charge in [0, 0.05) is 28.4 Å². The molecule has 0 N–H and O–H groups in total. The molecule has 1 amide bonds. The second kappa shape index (κ2) is 6.62. The largest absolute Gasteiger partial charge is 0.335 e. The maximum atomic E-state index is 12.5. The third-order valence-electron chi connectivity index (χ3n) is 3.44. The number of thioether (sulfide) groups is 1. The fourth-order valence-electron chi connectivity index (χ4n) is 2.14. The van der Waals surface area contributed by atoms with Gasteiger partial charge in [-0.1, -0.05) is 15.9 Å². The minimum atomic E-state index is 0.173. The van der Waals surface area contributed by atoms with Crippen LogP contribution < -0.4 is 0 Å². The summed E-state index contributed by atoms with van der Waals surface area (Å²) in [5, 5.41) is 0.845. The van der Waals surface area contributed by atoms with Gasteiger partial charge in [-0.2, -0.15) is 0 Å². The van der Waals surface area contributed by atoms with Crippen molar-refractivity contribution in [3.8, 4) is 0 Å². The van der Waals surface area contributed by atoms with Crippen LogP contribution in [-0.4, -0.2) is 35.0 Å². The lowest BCUT2D eigenvalue weighted by Crippen LogP contribution is -2.45. The first-order valence-electron chi connectivity index (χ1n) is 6.27. The summed E-state index contributed by atoms with van der Waals surface area (Å²) in [7, 11) is 0. The van der Waals surface area contributed by atoms with Crippen LogP contribution >= 0.6 is 27.7 Å². The molecule has 0 bridgehead atoms. The fourth-order valence-corrected chi connectivity index (χ4v) is 2.93. The molecule has 0 radical (unpaired) electrons. The van der Waals surface area contributed by atoms with Crippen molar-refractivity contribution < 1.29 is 4.79 Å². The molecule has 2 nitrogen and oxygen atoms in total. The van der Waals surface area contributed by atoms with Crippen LogP contribution in [0.5, 0.6) is 0 Å². The molecule has 0 atom stereocenters. The number of hydrogen-bond acceptors (Lipinski definition) is 2. The highest BCUT2D eigenvalue weighted by atomic mass is 79.9. The molecule has 98 valence electrons. The van der Waals surface area contributed by atoms with Gasteiger partial charge in [-0.3, -0.25) is 4.79 Å². The summed E-state index contributed by atoms with van der Waals surface area (Å²) in [4.78, 5) is 15.7. The number of hydrogen-bond donors (Lipinski definition) is 0. The van der Waals surface area contributed by atoms with Gasteiger partial charge in [0.15, 0.2) is 0 Å². The fraction of sp³-hybridized carbons (Fsp3) is 0.500. The van der Waals surface area contributed by atoms with Crippen molar-refractivity contribution in [1.82, 2.24) is 4.90 Å². The predicted octanol–water partition coefficient (Wildman–Crippen LogP) is 3.80. The van der Waals surface area contributed by atoms with E-state index < -0.39 is 0 Å². The van der Waals surface area contributed by atoms with Crippen molar-refractivity contribution in [2.45, 2.75) is 30.2 Å². The van der Waals surface area contributed by atoms with Crippen LogP contribution in [0.25, 0.3) is 0 Å². The lowest BCUT2D eigenvalue weighted by atomic mass is 9.91. The van der Waals surface area contributed by atoms with E-state index in [2.05, 4.69) is 15.9 Å². The summed E-state index contributed by atoms with van der Waals surface area (Å²) in [6.45, 7) is 0.799. The van der Waals surface area contributed by atoms with Gasteiger partial charge in [-0.15, -0.1) is 11.8 Å². The zero-order valence-corrected chi connectivity index (χ0v) is 13.0. The second-order valence-corrected chi connectivity index (χ2v) is 6.17. The van der Waals surface area contributed by atoms with E-state index in [9.17, 15) is 4.79 Å². The zero-order chi connectivity index (χ0) is 13.0. The molecular formula is C14H18BrNOS. The normalized spacial score (nSPS) is 15.2. The quantitative estimate of drug-likeness (QED) is 0.605.